The van der Waals surface area contributed by atoms with E-state index in [4.69, 9.17) is 5.73 Å². The van der Waals surface area contributed by atoms with Gasteiger partial charge in [0.15, 0.2) is 5.82 Å². The first-order valence-electron chi connectivity index (χ1n) is 6.66. The zero-order valence-corrected chi connectivity index (χ0v) is 10.4. The van der Waals surface area contributed by atoms with E-state index in [1.54, 1.807) is 4.68 Å². The molecule has 94 valence electrons. The Labute approximate surface area is 102 Å². The molecule has 3 unspecified atom stereocenters. The van der Waals surface area contributed by atoms with Crippen LogP contribution in [-0.4, -0.2) is 20.8 Å². The Morgan fingerprint density at radius 2 is 2.06 bits per heavy atom. The molecule has 0 bridgehead atoms. The molecule has 1 saturated carbocycles. The van der Waals surface area contributed by atoms with E-state index in [0.29, 0.717) is 18.0 Å². The summed E-state index contributed by atoms with van der Waals surface area (Å²) in [4.78, 5) is 4.34. The monoisotopic (exact) mass is 235 g/mol. The molecule has 0 amide bonds. The van der Waals surface area contributed by atoms with Gasteiger partial charge in [-0.15, -0.1) is 0 Å². The van der Waals surface area contributed by atoms with Crippen LogP contribution < -0.4 is 11.1 Å². The van der Waals surface area contributed by atoms with Gasteiger partial charge in [0.2, 0.25) is 5.95 Å². The minimum Gasteiger partial charge on any atom is -0.368 e. The number of hydrogen-bond donors (Lipinski definition) is 2. The van der Waals surface area contributed by atoms with Crippen LogP contribution in [0.25, 0.3) is 0 Å². The molecule has 1 aromatic heterocycles. The maximum absolute atomic E-state index is 5.74. The van der Waals surface area contributed by atoms with Crippen LogP contribution in [-0.2, 0) is 7.05 Å². The van der Waals surface area contributed by atoms with Crippen molar-refractivity contribution in [2.75, 3.05) is 5.73 Å². The fourth-order valence-corrected chi connectivity index (χ4v) is 3.26. The molecule has 3 atom stereocenters. The zero-order valence-electron chi connectivity index (χ0n) is 10.4. The SMILES string of the molecule is Cn1nc(C2CCC3CCCCC3N2)nc1N. The van der Waals surface area contributed by atoms with E-state index < -0.39 is 0 Å². The Morgan fingerprint density at radius 1 is 1.24 bits per heavy atom. The van der Waals surface area contributed by atoms with Gasteiger partial charge >= 0.3 is 0 Å². The van der Waals surface area contributed by atoms with Crippen LogP contribution in [0, 0.1) is 5.92 Å². The summed E-state index contributed by atoms with van der Waals surface area (Å²) in [5, 5.41) is 8.11. The molecule has 17 heavy (non-hydrogen) atoms. The first kappa shape index (κ1) is 11.0. The normalized spacial score (nSPS) is 33.4. The summed E-state index contributed by atoms with van der Waals surface area (Å²) in [5.41, 5.74) is 5.74. The summed E-state index contributed by atoms with van der Waals surface area (Å²) in [7, 11) is 1.85. The van der Waals surface area contributed by atoms with E-state index in [1.165, 1.54) is 32.1 Å². The molecule has 1 aliphatic carbocycles. The molecule has 1 aliphatic heterocycles. The van der Waals surface area contributed by atoms with Crippen molar-refractivity contribution in [3.05, 3.63) is 5.82 Å². The molecule has 2 fully saturated rings. The molecule has 0 radical (unpaired) electrons. The van der Waals surface area contributed by atoms with E-state index >= 15 is 0 Å². The summed E-state index contributed by atoms with van der Waals surface area (Å²) in [6.07, 6.45) is 7.91. The Morgan fingerprint density at radius 3 is 2.82 bits per heavy atom. The van der Waals surface area contributed by atoms with Gasteiger partial charge in [-0.05, 0) is 31.6 Å². The third-order valence-corrected chi connectivity index (χ3v) is 4.28. The lowest BCUT2D eigenvalue weighted by Gasteiger charge is -2.39. The molecule has 3 rings (SSSR count). The first-order chi connectivity index (χ1) is 8.24. The highest BCUT2D eigenvalue weighted by Gasteiger charge is 2.33. The van der Waals surface area contributed by atoms with Crippen LogP contribution in [0.3, 0.4) is 0 Å². The predicted octanol–water partition coefficient (Wildman–Crippen LogP) is 1.38. The second-order valence-electron chi connectivity index (χ2n) is 5.40. The van der Waals surface area contributed by atoms with Gasteiger partial charge in [0.05, 0.1) is 6.04 Å². The van der Waals surface area contributed by atoms with Gasteiger partial charge in [0.1, 0.15) is 0 Å². The van der Waals surface area contributed by atoms with E-state index in [1.807, 2.05) is 7.05 Å². The molecule has 1 saturated heterocycles. The number of fused-ring (bicyclic) bond motifs is 1. The average Bonchev–Trinajstić information content (AvgIpc) is 2.69. The lowest BCUT2D eigenvalue weighted by Crippen LogP contribution is -2.45. The largest absolute Gasteiger partial charge is 0.368 e. The van der Waals surface area contributed by atoms with E-state index in [2.05, 4.69) is 15.4 Å². The van der Waals surface area contributed by atoms with E-state index in [-0.39, 0.29) is 0 Å². The topological polar surface area (TPSA) is 68.8 Å². The van der Waals surface area contributed by atoms with Crippen LogP contribution in [0.2, 0.25) is 0 Å². The Kier molecular flexibility index (Phi) is 2.78. The smallest absolute Gasteiger partial charge is 0.218 e. The lowest BCUT2D eigenvalue weighted by molar-refractivity contribution is 0.173. The van der Waals surface area contributed by atoms with E-state index in [9.17, 15) is 0 Å². The number of rotatable bonds is 1. The quantitative estimate of drug-likeness (QED) is 0.771. The van der Waals surface area contributed by atoms with Crippen LogP contribution in [0.5, 0.6) is 0 Å². The minimum absolute atomic E-state index is 0.304. The van der Waals surface area contributed by atoms with Crippen molar-refractivity contribution in [3.8, 4) is 0 Å². The lowest BCUT2D eigenvalue weighted by atomic mass is 9.77. The second kappa shape index (κ2) is 4.29. The van der Waals surface area contributed by atoms with Crippen molar-refractivity contribution in [3.63, 3.8) is 0 Å². The maximum Gasteiger partial charge on any atom is 0.218 e. The van der Waals surface area contributed by atoms with Gasteiger partial charge in [-0.3, -0.25) is 0 Å². The molecular weight excluding hydrogens is 214 g/mol. The number of aryl methyl sites for hydroxylation is 1. The van der Waals surface area contributed by atoms with Gasteiger partial charge in [-0.25, -0.2) is 4.68 Å². The number of nitrogens with two attached hydrogens (primary N) is 1. The molecular formula is C12H21N5. The highest BCUT2D eigenvalue weighted by molar-refractivity contribution is 5.17. The van der Waals surface area contributed by atoms with Crippen LogP contribution in [0.1, 0.15) is 50.4 Å². The zero-order chi connectivity index (χ0) is 11.8. The van der Waals surface area contributed by atoms with Crippen molar-refractivity contribution < 1.29 is 0 Å². The highest BCUT2D eigenvalue weighted by Crippen LogP contribution is 2.35. The van der Waals surface area contributed by atoms with Crippen LogP contribution in [0.4, 0.5) is 5.95 Å². The summed E-state index contributed by atoms with van der Waals surface area (Å²) in [5.74, 6) is 2.25. The minimum atomic E-state index is 0.304. The van der Waals surface area contributed by atoms with Crippen LogP contribution in [0.15, 0.2) is 0 Å². The average molecular weight is 235 g/mol. The van der Waals surface area contributed by atoms with Crippen LogP contribution >= 0.6 is 0 Å². The molecule has 2 aliphatic rings. The third-order valence-electron chi connectivity index (χ3n) is 4.28. The number of aromatic nitrogens is 3. The molecule has 0 aromatic carbocycles. The van der Waals surface area contributed by atoms with Gasteiger partial charge in [0.25, 0.3) is 0 Å². The van der Waals surface area contributed by atoms with Crippen molar-refractivity contribution >= 4 is 5.95 Å². The number of nitrogen functional groups attached to an aromatic ring is 1. The summed E-state index contributed by atoms with van der Waals surface area (Å²) in [6.45, 7) is 0. The van der Waals surface area contributed by atoms with Crippen molar-refractivity contribution in [2.24, 2.45) is 13.0 Å². The van der Waals surface area contributed by atoms with Crippen molar-refractivity contribution in [2.45, 2.75) is 50.6 Å². The summed E-state index contributed by atoms with van der Waals surface area (Å²) >= 11 is 0. The molecule has 1 aromatic rings. The first-order valence-corrected chi connectivity index (χ1v) is 6.66. The Bertz CT molecular complexity index is 380. The third kappa shape index (κ3) is 2.04. The standard InChI is InChI=1S/C12H21N5/c1-17-12(13)15-11(16-17)10-7-6-8-4-2-3-5-9(8)14-10/h8-10,14H,2-7H2,1H3,(H2,13,15,16). The Balaban J connectivity index is 1.73. The second-order valence-corrected chi connectivity index (χ2v) is 5.40. The van der Waals surface area contributed by atoms with E-state index in [0.717, 1.165) is 18.2 Å². The van der Waals surface area contributed by atoms with Crippen molar-refractivity contribution in [1.82, 2.24) is 20.1 Å². The van der Waals surface area contributed by atoms with Gasteiger partial charge in [-0.1, -0.05) is 12.8 Å². The maximum atomic E-state index is 5.74. The predicted molar refractivity (Wildman–Crippen MR) is 66.3 cm³/mol. The molecule has 5 nitrogen and oxygen atoms in total. The Hall–Kier alpha value is -1.10. The number of anilines is 1. The van der Waals surface area contributed by atoms with Crippen molar-refractivity contribution in [1.29, 1.82) is 0 Å². The summed E-state index contributed by atoms with van der Waals surface area (Å²) < 4.78 is 1.66. The summed E-state index contributed by atoms with van der Waals surface area (Å²) in [6, 6.07) is 0.977. The van der Waals surface area contributed by atoms with Gasteiger partial charge < -0.3 is 11.1 Å². The molecule has 0 spiro atoms. The molecule has 2 heterocycles. The number of nitrogens with one attached hydrogen (secondary N) is 1. The number of piperidine rings is 1. The fourth-order valence-electron chi connectivity index (χ4n) is 3.26. The van der Waals surface area contributed by atoms with Gasteiger partial charge in [0, 0.05) is 13.1 Å². The number of hydrogen-bond acceptors (Lipinski definition) is 4. The highest BCUT2D eigenvalue weighted by atomic mass is 15.4. The number of nitrogens with zero attached hydrogens (tertiary/aromatic N) is 3. The molecule has 3 N–H and O–H groups in total. The fraction of sp³-hybridized carbons (Fsp3) is 0.833. The molecule has 5 heteroatoms. The van der Waals surface area contributed by atoms with Gasteiger partial charge in [-0.2, -0.15) is 10.1 Å².